The molecule has 0 bridgehead atoms. The van der Waals surface area contributed by atoms with Gasteiger partial charge in [0, 0.05) is 24.2 Å². The molecule has 0 N–H and O–H groups in total. The van der Waals surface area contributed by atoms with E-state index < -0.39 is 0 Å². The lowest BCUT2D eigenvalue weighted by Crippen LogP contribution is -1.99. The number of halogens is 1. The second kappa shape index (κ2) is 4.11. The molecule has 2 aromatic heterocycles. The molecule has 2 aromatic rings. The molecule has 3 nitrogen and oxygen atoms in total. The van der Waals surface area contributed by atoms with Crippen molar-refractivity contribution in [1.29, 1.82) is 0 Å². The van der Waals surface area contributed by atoms with Crippen LogP contribution in [0.4, 0.5) is 0 Å². The van der Waals surface area contributed by atoms with Gasteiger partial charge in [0.2, 0.25) is 0 Å². The summed E-state index contributed by atoms with van der Waals surface area (Å²) >= 11 is 3.43. The molecule has 0 saturated carbocycles. The first-order chi connectivity index (χ1) is 6.81. The average Bonchev–Trinajstić information content (AvgIpc) is 2.57. The highest BCUT2D eigenvalue weighted by Crippen LogP contribution is 2.14. The van der Waals surface area contributed by atoms with Crippen LogP contribution in [0, 0.1) is 0 Å². The highest BCUT2D eigenvalue weighted by Gasteiger charge is 2.02. The molecule has 2 rings (SSSR count). The summed E-state index contributed by atoms with van der Waals surface area (Å²) in [7, 11) is 1.70. The van der Waals surface area contributed by atoms with Crippen molar-refractivity contribution in [2.45, 2.75) is 6.42 Å². The highest BCUT2D eigenvalue weighted by atomic mass is 79.9. The lowest BCUT2D eigenvalue weighted by molar-refractivity contribution is 0.200. The predicted molar refractivity (Wildman–Crippen MR) is 58.5 cm³/mol. The van der Waals surface area contributed by atoms with Crippen molar-refractivity contribution in [3.63, 3.8) is 0 Å². The maximum atomic E-state index is 5.03. The fourth-order valence-electron chi connectivity index (χ4n) is 1.41. The molecule has 14 heavy (non-hydrogen) atoms. The van der Waals surface area contributed by atoms with E-state index in [9.17, 15) is 0 Å². The van der Waals surface area contributed by atoms with Crippen molar-refractivity contribution in [3.8, 4) is 0 Å². The van der Waals surface area contributed by atoms with Gasteiger partial charge >= 0.3 is 0 Å². The number of hydrogen-bond donors (Lipinski definition) is 0. The van der Waals surface area contributed by atoms with E-state index in [1.807, 2.05) is 24.5 Å². The van der Waals surface area contributed by atoms with Crippen molar-refractivity contribution in [2.75, 3.05) is 13.7 Å². The first kappa shape index (κ1) is 9.68. The third kappa shape index (κ3) is 1.81. The van der Waals surface area contributed by atoms with Crippen LogP contribution in [-0.2, 0) is 11.2 Å². The summed E-state index contributed by atoms with van der Waals surface area (Å²) in [5, 5.41) is 0. The number of rotatable bonds is 3. The number of nitrogens with zero attached hydrogens (tertiary/aromatic N) is 2. The van der Waals surface area contributed by atoms with E-state index >= 15 is 0 Å². The maximum absolute atomic E-state index is 5.03. The zero-order valence-corrected chi connectivity index (χ0v) is 9.49. The van der Waals surface area contributed by atoms with Gasteiger partial charge in [-0.2, -0.15) is 0 Å². The van der Waals surface area contributed by atoms with E-state index in [4.69, 9.17) is 4.74 Å². The lowest BCUT2D eigenvalue weighted by atomic mass is 10.4. The molecule has 74 valence electrons. The second-order valence-electron chi connectivity index (χ2n) is 3.06. The number of methoxy groups -OCH3 is 1. The van der Waals surface area contributed by atoms with Crippen molar-refractivity contribution < 1.29 is 4.74 Å². The van der Waals surface area contributed by atoms with E-state index in [2.05, 4.69) is 25.3 Å². The van der Waals surface area contributed by atoms with Crippen LogP contribution in [0.15, 0.2) is 29.0 Å². The molecular weight excluding hydrogens is 244 g/mol. The van der Waals surface area contributed by atoms with Crippen LogP contribution in [0.25, 0.3) is 5.52 Å². The number of ether oxygens (including phenoxy) is 1. The highest BCUT2D eigenvalue weighted by molar-refractivity contribution is 9.10. The molecule has 2 heterocycles. The van der Waals surface area contributed by atoms with E-state index in [1.54, 1.807) is 7.11 Å². The summed E-state index contributed by atoms with van der Waals surface area (Å²) < 4.78 is 8.17. The first-order valence-corrected chi connectivity index (χ1v) is 5.21. The van der Waals surface area contributed by atoms with Crippen LogP contribution < -0.4 is 0 Å². The van der Waals surface area contributed by atoms with E-state index in [-0.39, 0.29) is 0 Å². The van der Waals surface area contributed by atoms with Gasteiger partial charge in [0.1, 0.15) is 5.82 Å². The van der Waals surface area contributed by atoms with Gasteiger partial charge in [-0.3, -0.25) is 0 Å². The van der Waals surface area contributed by atoms with Gasteiger partial charge in [-0.1, -0.05) is 15.9 Å². The quantitative estimate of drug-likeness (QED) is 0.841. The molecule has 0 unspecified atom stereocenters. The monoisotopic (exact) mass is 254 g/mol. The number of imidazole rings is 1. The van der Waals surface area contributed by atoms with E-state index in [1.165, 1.54) is 0 Å². The summed E-state index contributed by atoms with van der Waals surface area (Å²) in [6, 6.07) is 4.05. The third-order valence-corrected chi connectivity index (χ3v) is 2.59. The molecule has 0 amide bonds. The number of fused-ring (bicyclic) bond motifs is 1. The minimum atomic E-state index is 0.704. The van der Waals surface area contributed by atoms with Crippen LogP contribution in [0.3, 0.4) is 0 Å². The van der Waals surface area contributed by atoms with Gasteiger partial charge in [0.25, 0.3) is 0 Å². The largest absolute Gasteiger partial charge is 0.384 e. The smallest absolute Gasteiger partial charge is 0.115 e. The fourth-order valence-corrected chi connectivity index (χ4v) is 1.76. The fraction of sp³-hybridized carbons (Fsp3) is 0.300. The summed E-state index contributed by atoms with van der Waals surface area (Å²) in [6.07, 6.45) is 4.72. The van der Waals surface area contributed by atoms with Crippen molar-refractivity contribution in [3.05, 3.63) is 34.8 Å². The minimum Gasteiger partial charge on any atom is -0.384 e. The lowest BCUT2D eigenvalue weighted by Gasteiger charge is -2.00. The molecule has 0 aliphatic carbocycles. The number of pyridine rings is 1. The van der Waals surface area contributed by atoms with Crippen LogP contribution in [0.2, 0.25) is 0 Å². The standard InChI is InChI=1S/C10H11BrN2O/c1-14-5-3-10-12-7-9-6-8(11)2-4-13(9)10/h2,4,6-7H,3,5H2,1H3. The van der Waals surface area contributed by atoms with Gasteiger partial charge in [-0.15, -0.1) is 0 Å². The van der Waals surface area contributed by atoms with Crippen molar-refractivity contribution in [2.24, 2.45) is 0 Å². The summed E-state index contributed by atoms with van der Waals surface area (Å²) in [5.74, 6) is 1.04. The first-order valence-electron chi connectivity index (χ1n) is 4.41. The Bertz CT molecular complexity index is 439. The molecule has 0 aliphatic rings. The maximum Gasteiger partial charge on any atom is 0.115 e. The number of hydrogen-bond acceptors (Lipinski definition) is 2. The normalized spacial score (nSPS) is 11.0. The summed E-state index contributed by atoms with van der Waals surface area (Å²) in [6.45, 7) is 0.704. The van der Waals surface area contributed by atoms with E-state index in [0.717, 1.165) is 22.2 Å². The van der Waals surface area contributed by atoms with Gasteiger partial charge in [-0.25, -0.2) is 4.98 Å². The Balaban J connectivity index is 2.37. The topological polar surface area (TPSA) is 26.5 Å². The molecule has 0 aliphatic heterocycles. The molecule has 0 spiro atoms. The molecule has 0 aromatic carbocycles. The third-order valence-electron chi connectivity index (χ3n) is 2.10. The average molecular weight is 255 g/mol. The Kier molecular flexibility index (Phi) is 2.84. The van der Waals surface area contributed by atoms with Crippen molar-refractivity contribution >= 4 is 21.4 Å². The Morgan fingerprint density at radius 2 is 2.43 bits per heavy atom. The van der Waals surface area contributed by atoms with Gasteiger partial charge in [0.05, 0.1) is 18.3 Å². The molecule has 4 heteroatoms. The van der Waals surface area contributed by atoms with Crippen LogP contribution in [0.5, 0.6) is 0 Å². The zero-order valence-electron chi connectivity index (χ0n) is 7.90. The van der Waals surface area contributed by atoms with Gasteiger partial charge in [0.15, 0.2) is 0 Å². The minimum absolute atomic E-state index is 0.704. The van der Waals surface area contributed by atoms with Crippen LogP contribution in [-0.4, -0.2) is 23.1 Å². The Morgan fingerprint density at radius 3 is 3.21 bits per heavy atom. The molecular formula is C10H11BrN2O. The second-order valence-corrected chi connectivity index (χ2v) is 3.97. The summed E-state index contributed by atoms with van der Waals surface area (Å²) in [5.41, 5.74) is 1.10. The van der Waals surface area contributed by atoms with Crippen LogP contribution in [0.1, 0.15) is 5.82 Å². The van der Waals surface area contributed by atoms with Crippen LogP contribution >= 0.6 is 15.9 Å². The van der Waals surface area contributed by atoms with Crippen molar-refractivity contribution in [1.82, 2.24) is 9.38 Å². The van der Waals surface area contributed by atoms with E-state index in [0.29, 0.717) is 6.61 Å². The summed E-state index contributed by atoms with van der Waals surface area (Å²) in [4.78, 5) is 4.34. The zero-order chi connectivity index (χ0) is 9.97. The Labute approximate surface area is 90.8 Å². The SMILES string of the molecule is COCCc1ncc2cc(Br)ccn12. The molecule has 0 fully saturated rings. The molecule has 0 radical (unpaired) electrons. The molecule has 0 saturated heterocycles. The number of aromatic nitrogens is 2. The van der Waals surface area contributed by atoms with Gasteiger partial charge in [-0.05, 0) is 12.1 Å². The Morgan fingerprint density at radius 1 is 1.57 bits per heavy atom. The van der Waals surface area contributed by atoms with Gasteiger partial charge < -0.3 is 9.14 Å². The Hall–Kier alpha value is -0.870. The predicted octanol–water partition coefficient (Wildman–Crippen LogP) is 2.29. The molecule has 0 atom stereocenters.